The summed E-state index contributed by atoms with van der Waals surface area (Å²) in [5.41, 5.74) is 0.679. The van der Waals surface area contributed by atoms with Gasteiger partial charge < -0.3 is 15.2 Å². The van der Waals surface area contributed by atoms with Crippen LogP contribution >= 0.6 is 0 Å². The minimum atomic E-state index is -0.894. The molecule has 0 heterocycles. The molecule has 0 aliphatic carbocycles. The molecule has 1 amide bonds. The summed E-state index contributed by atoms with van der Waals surface area (Å²) >= 11 is 0. The maximum Gasteiger partial charge on any atom is 0.306 e. The van der Waals surface area contributed by atoms with Gasteiger partial charge in [0.05, 0.1) is 13.0 Å². The van der Waals surface area contributed by atoms with Gasteiger partial charge in [-0.05, 0) is 24.3 Å². The molecule has 0 aromatic heterocycles. The largest absolute Gasteiger partial charge is 0.493 e. The number of carbonyl (C=O) groups excluding carboxylic acids is 1. The maximum atomic E-state index is 10.7. The van der Waals surface area contributed by atoms with Crippen molar-refractivity contribution in [1.29, 1.82) is 0 Å². The van der Waals surface area contributed by atoms with Gasteiger partial charge in [-0.3, -0.25) is 9.59 Å². The molecular weight excluding hydrogens is 210 g/mol. The molecule has 0 saturated heterocycles. The monoisotopic (exact) mass is 223 g/mol. The van der Waals surface area contributed by atoms with Gasteiger partial charge in [0, 0.05) is 12.6 Å². The van der Waals surface area contributed by atoms with E-state index >= 15 is 0 Å². The number of carboxylic acid groups (broad SMARTS) is 1. The second-order valence-corrected chi connectivity index (χ2v) is 3.20. The predicted octanol–water partition coefficient (Wildman–Crippen LogP) is 1.50. The number of rotatable bonds is 5. The zero-order valence-corrected chi connectivity index (χ0v) is 8.90. The summed E-state index contributed by atoms with van der Waals surface area (Å²) < 4.78 is 5.18. The van der Waals surface area contributed by atoms with Crippen LogP contribution in [0.1, 0.15) is 13.3 Å². The number of amides is 1. The fraction of sp³-hybridized carbons (Fsp3) is 0.273. The zero-order valence-electron chi connectivity index (χ0n) is 8.90. The van der Waals surface area contributed by atoms with Gasteiger partial charge in [-0.2, -0.15) is 0 Å². The van der Waals surface area contributed by atoms with Gasteiger partial charge in [0.25, 0.3) is 0 Å². The number of aliphatic carboxylic acids is 1. The molecule has 1 aromatic rings. The Morgan fingerprint density at radius 3 is 2.44 bits per heavy atom. The smallest absolute Gasteiger partial charge is 0.306 e. The molecular formula is C11H13NO4. The standard InChI is InChI=1S/C11H13NO4/c1-8(13)12-9-2-4-10(5-3-9)16-7-6-11(14)15/h2-5H,6-7H2,1H3,(H,12,13)(H,14,15). The first-order valence-corrected chi connectivity index (χ1v) is 4.80. The molecule has 0 aliphatic rings. The number of ether oxygens (including phenoxy) is 1. The molecule has 0 atom stereocenters. The molecule has 0 bridgehead atoms. The van der Waals surface area contributed by atoms with Gasteiger partial charge in [-0.1, -0.05) is 0 Å². The molecule has 0 aliphatic heterocycles. The molecule has 0 fully saturated rings. The van der Waals surface area contributed by atoms with E-state index in [1.54, 1.807) is 24.3 Å². The lowest BCUT2D eigenvalue weighted by Gasteiger charge is -2.06. The van der Waals surface area contributed by atoms with E-state index in [0.717, 1.165) is 0 Å². The van der Waals surface area contributed by atoms with Gasteiger partial charge in [-0.25, -0.2) is 0 Å². The lowest BCUT2D eigenvalue weighted by molar-refractivity contribution is -0.137. The number of hydrogen-bond donors (Lipinski definition) is 2. The van der Waals surface area contributed by atoms with Gasteiger partial charge in [0.1, 0.15) is 5.75 Å². The maximum absolute atomic E-state index is 10.7. The molecule has 0 unspecified atom stereocenters. The van der Waals surface area contributed by atoms with Crippen LogP contribution in [0.25, 0.3) is 0 Å². The first-order chi connectivity index (χ1) is 7.58. The Hall–Kier alpha value is -2.04. The van der Waals surface area contributed by atoms with Gasteiger partial charge in [0.15, 0.2) is 0 Å². The van der Waals surface area contributed by atoms with Crippen molar-refractivity contribution in [1.82, 2.24) is 0 Å². The number of nitrogens with one attached hydrogen (secondary N) is 1. The Bertz CT molecular complexity index is 372. The third-order valence-corrected chi connectivity index (χ3v) is 1.76. The Kier molecular flexibility index (Phi) is 4.32. The van der Waals surface area contributed by atoms with Crippen molar-refractivity contribution in [3.05, 3.63) is 24.3 Å². The zero-order chi connectivity index (χ0) is 12.0. The predicted molar refractivity (Wildman–Crippen MR) is 58.5 cm³/mol. The molecule has 1 rings (SSSR count). The highest BCUT2D eigenvalue weighted by molar-refractivity contribution is 5.88. The minimum Gasteiger partial charge on any atom is -0.493 e. The lowest BCUT2D eigenvalue weighted by atomic mass is 10.3. The fourth-order valence-electron chi connectivity index (χ4n) is 1.09. The number of anilines is 1. The molecule has 1 aromatic carbocycles. The van der Waals surface area contributed by atoms with Crippen LogP contribution in [0.2, 0.25) is 0 Å². The van der Waals surface area contributed by atoms with Gasteiger partial charge in [0.2, 0.25) is 5.91 Å². The van der Waals surface area contributed by atoms with E-state index in [2.05, 4.69) is 5.32 Å². The fourth-order valence-corrected chi connectivity index (χ4v) is 1.09. The summed E-state index contributed by atoms with van der Waals surface area (Å²) in [5.74, 6) is -0.454. The van der Waals surface area contributed by atoms with E-state index in [-0.39, 0.29) is 18.9 Å². The van der Waals surface area contributed by atoms with E-state index in [0.29, 0.717) is 11.4 Å². The molecule has 0 radical (unpaired) electrons. The Morgan fingerprint density at radius 1 is 1.31 bits per heavy atom. The summed E-state index contributed by atoms with van der Waals surface area (Å²) in [5, 5.41) is 11.0. The minimum absolute atomic E-state index is 0.0343. The summed E-state index contributed by atoms with van der Waals surface area (Å²) in [6, 6.07) is 6.73. The van der Waals surface area contributed by atoms with E-state index in [1.165, 1.54) is 6.92 Å². The quantitative estimate of drug-likeness (QED) is 0.793. The van der Waals surface area contributed by atoms with Crippen molar-refractivity contribution in [3.8, 4) is 5.75 Å². The summed E-state index contributed by atoms with van der Waals surface area (Å²) in [6.45, 7) is 1.56. The average molecular weight is 223 g/mol. The van der Waals surface area contributed by atoms with Crippen molar-refractivity contribution in [2.75, 3.05) is 11.9 Å². The van der Waals surface area contributed by atoms with E-state index < -0.39 is 5.97 Å². The summed E-state index contributed by atoms with van der Waals surface area (Å²) in [4.78, 5) is 21.0. The van der Waals surface area contributed by atoms with Crippen molar-refractivity contribution in [3.63, 3.8) is 0 Å². The molecule has 16 heavy (non-hydrogen) atoms. The van der Waals surface area contributed by atoms with Crippen LogP contribution in [-0.4, -0.2) is 23.6 Å². The van der Waals surface area contributed by atoms with Crippen LogP contribution in [-0.2, 0) is 9.59 Å². The molecule has 0 spiro atoms. The third-order valence-electron chi connectivity index (χ3n) is 1.76. The second kappa shape index (κ2) is 5.75. The van der Waals surface area contributed by atoms with E-state index in [1.807, 2.05) is 0 Å². The van der Waals surface area contributed by atoms with Crippen LogP contribution in [0, 0.1) is 0 Å². The van der Waals surface area contributed by atoms with Crippen LogP contribution in [0.3, 0.4) is 0 Å². The van der Waals surface area contributed by atoms with Crippen molar-refractivity contribution in [2.45, 2.75) is 13.3 Å². The average Bonchev–Trinajstić information content (AvgIpc) is 2.19. The van der Waals surface area contributed by atoms with Crippen molar-refractivity contribution < 1.29 is 19.4 Å². The van der Waals surface area contributed by atoms with Gasteiger partial charge in [-0.15, -0.1) is 0 Å². The molecule has 2 N–H and O–H groups in total. The van der Waals surface area contributed by atoms with E-state index in [9.17, 15) is 9.59 Å². The molecule has 5 heteroatoms. The molecule has 86 valence electrons. The van der Waals surface area contributed by atoms with Crippen LogP contribution in [0.4, 0.5) is 5.69 Å². The number of benzene rings is 1. The topological polar surface area (TPSA) is 75.6 Å². The van der Waals surface area contributed by atoms with Crippen molar-refractivity contribution >= 4 is 17.6 Å². The summed E-state index contributed by atoms with van der Waals surface area (Å²) in [6.07, 6.45) is -0.0343. The van der Waals surface area contributed by atoms with Crippen LogP contribution < -0.4 is 10.1 Å². The second-order valence-electron chi connectivity index (χ2n) is 3.20. The number of carbonyl (C=O) groups is 2. The van der Waals surface area contributed by atoms with E-state index in [4.69, 9.17) is 9.84 Å². The Morgan fingerprint density at radius 2 is 1.94 bits per heavy atom. The number of carboxylic acids is 1. The molecule has 0 saturated carbocycles. The SMILES string of the molecule is CC(=O)Nc1ccc(OCCC(=O)O)cc1. The van der Waals surface area contributed by atoms with Crippen molar-refractivity contribution in [2.24, 2.45) is 0 Å². The Balaban J connectivity index is 2.45. The van der Waals surface area contributed by atoms with Crippen LogP contribution in [0.5, 0.6) is 5.75 Å². The Labute approximate surface area is 93.0 Å². The highest BCUT2D eigenvalue weighted by Crippen LogP contribution is 2.15. The highest BCUT2D eigenvalue weighted by atomic mass is 16.5. The first kappa shape index (κ1) is 12.0. The highest BCUT2D eigenvalue weighted by Gasteiger charge is 1.99. The van der Waals surface area contributed by atoms with Gasteiger partial charge >= 0.3 is 5.97 Å². The normalized spacial score (nSPS) is 9.56. The van der Waals surface area contributed by atoms with Crippen LogP contribution in [0.15, 0.2) is 24.3 Å². The summed E-state index contributed by atoms with van der Waals surface area (Å²) in [7, 11) is 0. The number of hydrogen-bond acceptors (Lipinski definition) is 3. The molecule has 5 nitrogen and oxygen atoms in total. The lowest BCUT2D eigenvalue weighted by Crippen LogP contribution is -2.06. The first-order valence-electron chi connectivity index (χ1n) is 4.80. The third kappa shape index (κ3) is 4.45.